The Kier molecular flexibility index (Phi) is 7.29. The Hall–Kier alpha value is -0.970. The molecule has 1 rings (SSSR count). The molecule has 1 aromatic rings. The van der Waals surface area contributed by atoms with Gasteiger partial charge in [0.25, 0.3) is 0 Å². The third kappa shape index (κ3) is 4.77. The highest BCUT2D eigenvalue weighted by molar-refractivity contribution is 5.20. The van der Waals surface area contributed by atoms with Crippen LogP contribution in [0.2, 0.25) is 0 Å². The van der Waals surface area contributed by atoms with Gasteiger partial charge in [0, 0.05) is 31.8 Å². The number of hydrogen-bond donors (Lipinski definition) is 1. The van der Waals surface area contributed by atoms with Gasteiger partial charge in [0.15, 0.2) is 0 Å². The third-order valence-corrected chi connectivity index (χ3v) is 4.32. The molecule has 0 heterocycles. The van der Waals surface area contributed by atoms with Crippen LogP contribution in [0, 0.1) is 5.82 Å². The zero-order valence-corrected chi connectivity index (χ0v) is 13.7. The highest BCUT2D eigenvalue weighted by atomic mass is 19.1. The molecule has 0 aliphatic carbocycles. The van der Waals surface area contributed by atoms with Crippen molar-refractivity contribution in [3.8, 4) is 0 Å². The quantitative estimate of drug-likeness (QED) is 0.761. The highest BCUT2D eigenvalue weighted by Gasteiger charge is 2.33. The number of nitrogens with zero attached hydrogens (tertiary/aromatic N) is 1. The van der Waals surface area contributed by atoms with Crippen LogP contribution in [0.3, 0.4) is 0 Å². The zero-order chi connectivity index (χ0) is 15.9. The van der Waals surface area contributed by atoms with Crippen LogP contribution in [-0.4, -0.2) is 43.3 Å². The number of hydrogen-bond acceptors (Lipinski definition) is 3. The SMILES string of the molecule is CCC(C)N(CCOC)C(C)(CN)Cc1ccccc1F. The minimum absolute atomic E-state index is 0.159. The molecule has 21 heavy (non-hydrogen) atoms. The van der Waals surface area contributed by atoms with Gasteiger partial charge in [-0.05, 0) is 38.3 Å². The summed E-state index contributed by atoms with van der Waals surface area (Å²) in [7, 11) is 1.70. The molecular weight excluding hydrogens is 267 g/mol. The number of ether oxygens (including phenoxy) is 1. The van der Waals surface area contributed by atoms with E-state index in [9.17, 15) is 4.39 Å². The molecule has 0 aliphatic rings. The lowest BCUT2D eigenvalue weighted by Crippen LogP contribution is -2.57. The molecule has 2 N–H and O–H groups in total. The third-order valence-electron chi connectivity index (χ3n) is 4.32. The molecule has 0 radical (unpaired) electrons. The average molecular weight is 296 g/mol. The molecule has 120 valence electrons. The van der Waals surface area contributed by atoms with Crippen LogP contribution >= 0.6 is 0 Å². The number of nitrogens with two attached hydrogens (primary N) is 1. The summed E-state index contributed by atoms with van der Waals surface area (Å²) >= 11 is 0. The lowest BCUT2D eigenvalue weighted by molar-refractivity contribution is 0.0371. The first-order valence-electron chi connectivity index (χ1n) is 7.67. The van der Waals surface area contributed by atoms with Crippen LogP contribution in [-0.2, 0) is 11.2 Å². The highest BCUT2D eigenvalue weighted by Crippen LogP contribution is 2.25. The number of rotatable bonds is 9. The minimum atomic E-state index is -0.282. The normalized spacial score (nSPS) is 16.0. The van der Waals surface area contributed by atoms with Gasteiger partial charge in [0.05, 0.1) is 6.61 Å². The monoisotopic (exact) mass is 296 g/mol. The summed E-state index contributed by atoms with van der Waals surface area (Å²) in [5.41, 5.74) is 6.50. The van der Waals surface area contributed by atoms with Crippen LogP contribution in [0.15, 0.2) is 24.3 Å². The van der Waals surface area contributed by atoms with Gasteiger partial charge in [0.2, 0.25) is 0 Å². The zero-order valence-electron chi connectivity index (χ0n) is 13.7. The second-order valence-electron chi connectivity index (χ2n) is 5.91. The van der Waals surface area contributed by atoms with Crippen LogP contribution < -0.4 is 5.73 Å². The molecule has 0 fully saturated rings. The molecule has 0 aliphatic heterocycles. The molecule has 2 unspecified atom stereocenters. The van der Waals surface area contributed by atoms with Crippen molar-refractivity contribution in [1.29, 1.82) is 0 Å². The fourth-order valence-electron chi connectivity index (χ4n) is 2.78. The van der Waals surface area contributed by atoms with Crippen molar-refractivity contribution in [2.24, 2.45) is 5.73 Å². The van der Waals surface area contributed by atoms with Crippen molar-refractivity contribution in [2.45, 2.75) is 45.2 Å². The average Bonchev–Trinajstić information content (AvgIpc) is 2.49. The van der Waals surface area contributed by atoms with E-state index in [0.29, 0.717) is 25.6 Å². The molecule has 0 bridgehead atoms. The predicted octanol–water partition coefficient (Wildman–Crippen LogP) is 2.83. The van der Waals surface area contributed by atoms with Gasteiger partial charge in [-0.2, -0.15) is 0 Å². The molecular formula is C17H29FN2O. The summed E-state index contributed by atoms with van der Waals surface area (Å²) in [5.74, 6) is -0.159. The minimum Gasteiger partial charge on any atom is -0.383 e. The van der Waals surface area contributed by atoms with Crippen molar-refractivity contribution in [3.05, 3.63) is 35.6 Å². The van der Waals surface area contributed by atoms with E-state index < -0.39 is 0 Å². The maximum Gasteiger partial charge on any atom is 0.126 e. The van der Waals surface area contributed by atoms with Crippen LogP contribution in [0.4, 0.5) is 4.39 Å². The summed E-state index contributed by atoms with van der Waals surface area (Å²) in [5, 5.41) is 0. The molecule has 0 saturated heterocycles. The first-order valence-corrected chi connectivity index (χ1v) is 7.67. The van der Waals surface area contributed by atoms with E-state index in [1.54, 1.807) is 13.2 Å². The van der Waals surface area contributed by atoms with Gasteiger partial charge in [0.1, 0.15) is 5.82 Å². The molecule has 0 saturated carbocycles. The van der Waals surface area contributed by atoms with Gasteiger partial charge >= 0.3 is 0 Å². The summed E-state index contributed by atoms with van der Waals surface area (Å²) in [6.07, 6.45) is 1.63. The van der Waals surface area contributed by atoms with Crippen molar-refractivity contribution in [3.63, 3.8) is 0 Å². The first-order chi connectivity index (χ1) is 9.98. The van der Waals surface area contributed by atoms with Crippen molar-refractivity contribution in [2.75, 3.05) is 26.8 Å². The van der Waals surface area contributed by atoms with Crippen LogP contribution in [0.5, 0.6) is 0 Å². The second-order valence-corrected chi connectivity index (χ2v) is 5.91. The molecule has 0 aromatic heterocycles. The smallest absolute Gasteiger partial charge is 0.126 e. The number of methoxy groups -OCH3 is 1. The fourth-order valence-corrected chi connectivity index (χ4v) is 2.78. The van der Waals surface area contributed by atoms with E-state index in [2.05, 4.69) is 25.7 Å². The van der Waals surface area contributed by atoms with Gasteiger partial charge in [-0.15, -0.1) is 0 Å². The number of halogens is 1. The van der Waals surface area contributed by atoms with Crippen LogP contribution in [0.25, 0.3) is 0 Å². The van der Waals surface area contributed by atoms with Gasteiger partial charge in [-0.1, -0.05) is 25.1 Å². The fraction of sp³-hybridized carbons (Fsp3) is 0.647. The Balaban J connectivity index is 3.00. The topological polar surface area (TPSA) is 38.5 Å². The van der Waals surface area contributed by atoms with E-state index in [1.165, 1.54) is 6.07 Å². The first kappa shape index (κ1) is 18.1. The molecule has 3 nitrogen and oxygen atoms in total. The van der Waals surface area contributed by atoms with Crippen molar-refractivity contribution < 1.29 is 9.13 Å². The van der Waals surface area contributed by atoms with E-state index >= 15 is 0 Å². The van der Waals surface area contributed by atoms with Gasteiger partial charge < -0.3 is 10.5 Å². The lowest BCUT2D eigenvalue weighted by Gasteiger charge is -2.44. The molecule has 4 heteroatoms. The van der Waals surface area contributed by atoms with Crippen LogP contribution in [0.1, 0.15) is 32.8 Å². The second kappa shape index (κ2) is 8.47. The summed E-state index contributed by atoms with van der Waals surface area (Å²) in [6.45, 7) is 8.39. The van der Waals surface area contributed by atoms with Crippen molar-refractivity contribution >= 4 is 0 Å². The molecule has 0 amide bonds. The Morgan fingerprint density at radius 1 is 1.38 bits per heavy atom. The Morgan fingerprint density at radius 2 is 2.05 bits per heavy atom. The summed E-state index contributed by atoms with van der Waals surface area (Å²) < 4.78 is 19.2. The maximum atomic E-state index is 14.0. The van der Waals surface area contributed by atoms with Gasteiger partial charge in [-0.25, -0.2) is 4.39 Å². The van der Waals surface area contributed by atoms with Gasteiger partial charge in [-0.3, -0.25) is 4.90 Å². The Bertz CT molecular complexity index is 427. The molecule has 0 spiro atoms. The van der Waals surface area contributed by atoms with Crippen molar-refractivity contribution in [1.82, 2.24) is 4.90 Å². The Labute approximate surface area is 128 Å². The molecule has 1 aromatic carbocycles. The van der Waals surface area contributed by atoms with E-state index in [0.717, 1.165) is 18.5 Å². The summed E-state index contributed by atoms with van der Waals surface area (Å²) in [6, 6.07) is 7.32. The van der Waals surface area contributed by atoms with E-state index in [-0.39, 0.29) is 11.4 Å². The largest absolute Gasteiger partial charge is 0.383 e. The summed E-state index contributed by atoms with van der Waals surface area (Å²) in [4.78, 5) is 2.35. The van der Waals surface area contributed by atoms with E-state index in [4.69, 9.17) is 10.5 Å². The van der Waals surface area contributed by atoms with E-state index in [1.807, 2.05) is 12.1 Å². The standard InChI is InChI=1S/C17H29FN2O/c1-5-14(2)20(10-11-21-4)17(3,13-19)12-15-8-6-7-9-16(15)18/h6-9,14H,5,10-13,19H2,1-4H3. The lowest BCUT2D eigenvalue weighted by atomic mass is 9.89. The maximum absolute atomic E-state index is 14.0. The Morgan fingerprint density at radius 3 is 2.57 bits per heavy atom. The number of benzene rings is 1. The molecule has 2 atom stereocenters. The predicted molar refractivity (Wildman–Crippen MR) is 85.9 cm³/mol.